The average Bonchev–Trinajstić information content (AvgIpc) is 2.55. The van der Waals surface area contributed by atoms with Crippen LogP contribution in [0.15, 0.2) is 57.2 Å². The van der Waals surface area contributed by atoms with Gasteiger partial charge in [0.1, 0.15) is 14.7 Å². The van der Waals surface area contributed by atoms with E-state index in [-0.39, 0.29) is 26.9 Å². The van der Waals surface area contributed by atoms with Crippen molar-refractivity contribution in [3.05, 3.63) is 42.5 Å². The number of hydrogen-bond acceptors (Lipinski definition) is 6. The molecule has 146 valence electrons. The Morgan fingerprint density at radius 3 is 1.61 bits per heavy atom. The van der Waals surface area contributed by atoms with Crippen LogP contribution in [0.3, 0.4) is 0 Å². The van der Waals surface area contributed by atoms with Gasteiger partial charge in [-0.15, -0.1) is 0 Å². The van der Waals surface area contributed by atoms with E-state index in [2.05, 4.69) is 0 Å². The molecule has 3 N–H and O–H groups in total. The Morgan fingerprint density at radius 2 is 1.04 bits per heavy atom. The van der Waals surface area contributed by atoms with Crippen molar-refractivity contribution in [2.75, 3.05) is 0 Å². The lowest BCUT2D eigenvalue weighted by Crippen LogP contribution is -2.10. The van der Waals surface area contributed by atoms with Crippen LogP contribution in [0.1, 0.15) is 0 Å². The SMILES string of the molecule is O=S(=O)(O)c1cc2ccc3c(S(=O)(=O)O)ccc4ccc(c1S(=O)(=O)O)c2c43. The molecular formula is C16H10O9S3. The van der Waals surface area contributed by atoms with Crippen LogP contribution in [0, 0.1) is 0 Å². The normalized spacial score (nSPS) is 13.7. The molecule has 0 saturated heterocycles. The minimum absolute atomic E-state index is 0.0824. The van der Waals surface area contributed by atoms with Crippen molar-refractivity contribution < 1.29 is 38.9 Å². The fourth-order valence-corrected chi connectivity index (χ4v) is 6.18. The first kappa shape index (κ1) is 19.0. The maximum Gasteiger partial charge on any atom is 0.296 e. The summed E-state index contributed by atoms with van der Waals surface area (Å²) >= 11 is 0. The summed E-state index contributed by atoms with van der Waals surface area (Å²) in [4.78, 5) is -2.44. The van der Waals surface area contributed by atoms with Gasteiger partial charge < -0.3 is 0 Å². The number of benzene rings is 4. The van der Waals surface area contributed by atoms with Crippen molar-refractivity contribution in [3.63, 3.8) is 0 Å². The van der Waals surface area contributed by atoms with E-state index in [0.29, 0.717) is 5.39 Å². The average molecular weight is 442 g/mol. The summed E-state index contributed by atoms with van der Waals surface area (Å²) in [5.41, 5.74) is 0. The topological polar surface area (TPSA) is 163 Å². The lowest BCUT2D eigenvalue weighted by atomic mass is 9.94. The molecule has 4 rings (SSSR count). The fourth-order valence-electron chi connectivity index (χ4n) is 3.48. The third kappa shape index (κ3) is 2.73. The van der Waals surface area contributed by atoms with Crippen LogP contribution < -0.4 is 0 Å². The molecule has 28 heavy (non-hydrogen) atoms. The van der Waals surface area contributed by atoms with Gasteiger partial charge in [0, 0.05) is 10.8 Å². The largest absolute Gasteiger partial charge is 0.296 e. The lowest BCUT2D eigenvalue weighted by Gasteiger charge is -2.16. The molecule has 0 aliphatic rings. The van der Waals surface area contributed by atoms with E-state index in [0.717, 1.165) is 6.07 Å². The van der Waals surface area contributed by atoms with Gasteiger partial charge in [-0.25, -0.2) is 0 Å². The predicted octanol–water partition coefficient (Wildman–Crippen LogP) is 2.32. The van der Waals surface area contributed by atoms with Crippen LogP contribution in [0.4, 0.5) is 0 Å². The Balaban J connectivity index is 2.40. The Labute approximate surface area is 158 Å². The monoisotopic (exact) mass is 442 g/mol. The van der Waals surface area contributed by atoms with E-state index < -0.39 is 45.0 Å². The maximum atomic E-state index is 11.9. The molecule has 4 aromatic carbocycles. The van der Waals surface area contributed by atoms with Crippen molar-refractivity contribution in [1.82, 2.24) is 0 Å². The predicted molar refractivity (Wildman–Crippen MR) is 99.6 cm³/mol. The van der Waals surface area contributed by atoms with Crippen LogP contribution in [0.25, 0.3) is 32.3 Å². The van der Waals surface area contributed by atoms with Crippen molar-refractivity contribution >= 4 is 62.7 Å². The highest BCUT2D eigenvalue weighted by atomic mass is 32.2. The van der Waals surface area contributed by atoms with Crippen LogP contribution in [-0.2, 0) is 30.4 Å². The Morgan fingerprint density at radius 1 is 0.536 bits per heavy atom. The first-order valence-electron chi connectivity index (χ1n) is 7.47. The summed E-state index contributed by atoms with van der Waals surface area (Å²) in [6.07, 6.45) is 0. The molecule has 0 radical (unpaired) electrons. The van der Waals surface area contributed by atoms with Crippen LogP contribution in [0.5, 0.6) is 0 Å². The summed E-state index contributed by atoms with van der Waals surface area (Å²) in [6.45, 7) is 0. The molecule has 0 saturated carbocycles. The Hall–Kier alpha value is -2.35. The van der Waals surface area contributed by atoms with Crippen molar-refractivity contribution in [2.45, 2.75) is 14.7 Å². The Kier molecular flexibility index (Phi) is 3.79. The standard InChI is InChI=1S/C16H10O9S3/c17-26(18,19)12-6-3-8-1-5-11-15-9(2-4-10(12)14(8)15)7-13(27(20,21)22)16(11)28(23,24)25/h1-7H,(H,17,18,19)(H,20,21,22)(H,23,24,25). The van der Waals surface area contributed by atoms with E-state index in [9.17, 15) is 38.9 Å². The summed E-state index contributed by atoms with van der Waals surface area (Å²) in [5, 5.41) is 0.927. The van der Waals surface area contributed by atoms with Crippen LogP contribution in [-0.4, -0.2) is 38.9 Å². The van der Waals surface area contributed by atoms with E-state index in [1.165, 1.54) is 36.4 Å². The van der Waals surface area contributed by atoms with Gasteiger partial charge in [0.25, 0.3) is 30.4 Å². The van der Waals surface area contributed by atoms with Crippen molar-refractivity contribution in [3.8, 4) is 0 Å². The molecule has 4 aromatic rings. The highest BCUT2D eigenvalue weighted by Gasteiger charge is 2.29. The van der Waals surface area contributed by atoms with Crippen LogP contribution in [0.2, 0.25) is 0 Å². The molecule has 0 aromatic heterocycles. The zero-order valence-corrected chi connectivity index (χ0v) is 16.0. The van der Waals surface area contributed by atoms with Gasteiger partial charge in [-0.2, -0.15) is 25.3 Å². The first-order valence-corrected chi connectivity index (χ1v) is 11.8. The quantitative estimate of drug-likeness (QED) is 0.319. The summed E-state index contributed by atoms with van der Waals surface area (Å²) < 4.78 is 99.2. The molecular weight excluding hydrogens is 432 g/mol. The van der Waals surface area contributed by atoms with Gasteiger partial charge in [-0.3, -0.25) is 13.7 Å². The number of rotatable bonds is 3. The zero-order chi connectivity index (χ0) is 20.6. The van der Waals surface area contributed by atoms with Crippen molar-refractivity contribution in [2.24, 2.45) is 0 Å². The second kappa shape index (κ2) is 5.59. The van der Waals surface area contributed by atoms with Gasteiger partial charge in [-0.05, 0) is 33.7 Å². The maximum absolute atomic E-state index is 11.9. The highest BCUT2D eigenvalue weighted by Crippen LogP contribution is 2.41. The minimum atomic E-state index is -5.09. The van der Waals surface area contributed by atoms with Gasteiger partial charge >= 0.3 is 0 Å². The minimum Gasteiger partial charge on any atom is -0.282 e. The molecule has 0 aliphatic carbocycles. The van der Waals surface area contributed by atoms with Gasteiger partial charge in [0.2, 0.25) is 0 Å². The van der Waals surface area contributed by atoms with E-state index >= 15 is 0 Å². The van der Waals surface area contributed by atoms with Crippen LogP contribution >= 0.6 is 0 Å². The fraction of sp³-hybridized carbons (Fsp3) is 0. The second-order valence-electron chi connectivity index (χ2n) is 6.12. The third-order valence-corrected chi connectivity index (χ3v) is 7.35. The molecule has 0 fully saturated rings. The molecule has 0 amide bonds. The summed E-state index contributed by atoms with van der Waals surface area (Å²) in [5.74, 6) is 0. The van der Waals surface area contributed by atoms with Gasteiger partial charge in [0.05, 0.1) is 0 Å². The highest BCUT2D eigenvalue weighted by molar-refractivity contribution is 7.89. The van der Waals surface area contributed by atoms with Gasteiger partial charge in [0.15, 0.2) is 0 Å². The molecule has 0 bridgehead atoms. The van der Waals surface area contributed by atoms with E-state index in [1.54, 1.807) is 0 Å². The molecule has 12 heteroatoms. The molecule has 0 spiro atoms. The molecule has 9 nitrogen and oxygen atoms in total. The third-order valence-electron chi connectivity index (χ3n) is 4.47. The number of hydrogen-bond donors (Lipinski definition) is 3. The van der Waals surface area contributed by atoms with Crippen molar-refractivity contribution in [1.29, 1.82) is 0 Å². The first-order chi connectivity index (χ1) is 12.8. The van der Waals surface area contributed by atoms with E-state index in [1.807, 2.05) is 0 Å². The Bertz CT molecular complexity index is 1620. The molecule has 0 unspecified atom stereocenters. The molecule has 0 aliphatic heterocycles. The smallest absolute Gasteiger partial charge is 0.282 e. The summed E-state index contributed by atoms with van der Waals surface area (Å²) in [7, 11) is -14.7. The summed E-state index contributed by atoms with van der Waals surface area (Å²) in [6, 6.07) is 8.75. The lowest BCUT2D eigenvalue weighted by molar-refractivity contribution is 0.468. The van der Waals surface area contributed by atoms with E-state index in [4.69, 9.17) is 0 Å². The molecule has 0 atom stereocenters. The van der Waals surface area contributed by atoms with Gasteiger partial charge in [-0.1, -0.05) is 30.3 Å². The zero-order valence-electron chi connectivity index (χ0n) is 13.6. The second-order valence-corrected chi connectivity index (χ2v) is 10.3. The molecule has 0 heterocycles.